The molecule has 0 aromatic carbocycles. The lowest BCUT2D eigenvalue weighted by atomic mass is 10.2. The fourth-order valence-electron chi connectivity index (χ4n) is 1.52. The maximum atomic E-state index is 11.7. The molecule has 92 valence electrons. The van der Waals surface area contributed by atoms with E-state index in [1.54, 1.807) is 17.1 Å². The zero-order valence-electron chi connectivity index (χ0n) is 10.4. The van der Waals surface area contributed by atoms with Crippen LogP contribution in [-0.2, 0) is 4.79 Å². The monoisotopic (exact) mass is 239 g/mol. The minimum Gasteiger partial charge on any atom is -0.316 e. The number of hydrogen-bond acceptors (Lipinski definition) is 1. The molecule has 1 rings (SSSR count). The molecule has 1 heterocycles. The molecule has 0 radical (unpaired) electrons. The first-order valence-electron chi connectivity index (χ1n) is 6.08. The molecular formula is C16H17NO. The molecule has 0 aliphatic carbocycles. The van der Waals surface area contributed by atoms with Crippen molar-refractivity contribution in [2.75, 3.05) is 6.54 Å². The van der Waals surface area contributed by atoms with Crippen LogP contribution in [0.5, 0.6) is 0 Å². The van der Waals surface area contributed by atoms with Crippen molar-refractivity contribution in [3.63, 3.8) is 0 Å². The maximum Gasteiger partial charge on any atom is 0.250 e. The molecule has 0 bridgehead atoms. The lowest BCUT2D eigenvalue weighted by molar-refractivity contribution is -0.123. The molecule has 1 amide bonds. The lowest BCUT2D eigenvalue weighted by Crippen LogP contribution is -2.26. The number of unbranched alkanes of at least 4 members (excludes halogenated alkanes) is 1. The molecular weight excluding hydrogens is 222 g/mol. The van der Waals surface area contributed by atoms with Crippen LogP contribution < -0.4 is 0 Å². The van der Waals surface area contributed by atoms with Crippen molar-refractivity contribution in [1.29, 1.82) is 0 Å². The van der Waals surface area contributed by atoms with Gasteiger partial charge in [-0.25, -0.2) is 0 Å². The van der Waals surface area contributed by atoms with Crippen molar-refractivity contribution >= 4 is 5.91 Å². The van der Waals surface area contributed by atoms with E-state index in [9.17, 15) is 4.79 Å². The average Bonchev–Trinajstić information content (AvgIpc) is 2.42. The van der Waals surface area contributed by atoms with Gasteiger partial charge in [-0.15, -0.1) is 6.42 Å². The van der Waals surface area contributed by atoms with Gasteiger partial charge in [0.2, 0.25) is 5.91 Å². The van der Waals surface area contributed by atoms with Gasteiger partial charge < -0.3 is 4.90 Å². The van der Waals surface area contributed by atoms with E-state index >= 15 is 0 Å². The molecule has 0 aromatic rings. The molecule has 0 saturated heterocycles. The van der Waals surface area contributed by atoms with Crippen LogP contribution in [0.4, 0.5) is 0 Å². The summed E-state index contributed by atoms with van der Waals surface area (Å²) in [5.74, 6) is 7.69. The third-order valence-electron chi connectivity index (χ3n) is 2.42. The normalized spacial score (nSPS) is 14.5. The first-order valence-corrected chi connectivity index (χ1v) is 6.08. The van der Waals surface area contributed by atoms with Crippen LogP contribution in [0.2, 0.25) is 0 Å². The predicted molar refractivity (Wildman–Crippen MR) is 74.2 cm³/mol. The number of carbonyl (C=O) groups excluding carboxylic acids is 1. The number of amides is 1. The van der Waals surface area contributed by atoms with Crippen molar-refractivity contribution in [3.8, 4) is 24.2 Å². The molecule has 0 unspecified atom stereocenters. The van der Waals surface area contributed by atoms with Crippen LogP contribution in [0.3, 0.4) is 0 Å². The predicted octanol–water partition coefficient (Wildman–Crippen LogP) is 2.65. The van der Waals surface area contributed by atoms with Gasteiger partial charge in [-0.2, -0.15) is 0 Å². The van der Waals surface area contributed by atoms with Crippen molar-refractivity contribution < 1.29 is 4.79 Å². The highest BCUT2D eigenvalue weighted by molar-refractivity contribution is 5.88. The Morgan fingerprint density at radius 2 is 2.33 bits per heavy atom. The van der Waals surface area contributed by atoms with Crippen molar-refractivity contribution in [2.45, 2.75) is 25.7 Å². The van der Waals surface area contributed by atoms with Crippen LogP contribution >= 0.6 is 0 Å². The average molecular weight is 239 g/mol. The van der Waals surface area contributed by atoms with Gasteiger partial charge in [0.15, 0.2) is 0 Å². The summed E-state index contributed by atoms with van der Waals surface area (Å²) in [6.45, 7) is 0.811. The van der Waals surface area contributed by atoms with Crippen LogP contribution in [0.15, 0.2) is 36.6 Å². The lowest BCUT2D eigenvalue weighted by Gasteiger charge is -2.19. The van der Waals surface area contributed by atoms with Crippen LogP contribution in [0, 0.1) is 24.2 Å². The van der Waals surface area contributed by atoms with Crippen LogP contribution in [-0.4, -0.2) is 17.4 Å². The van der Waals surface area contributed by atoms with Gasteiger partial charge in [0.1, 0.15) is 0 Å². The summed E-state index contributed by atoms with van der Waals surface area (Å²) in [6, 6.07) is 0. The fraction of sp³-hybridized carbons (Fsp3) is 0.312. The Morgan fingerprint density at radius 1 is 1.44 bits per heavy atom. The first kappa shape index (κ1) is 13.9. The quantitative estimate of drug-likeness (QED) is 0.320. The second-order valence-corrected chi connectivity index (χ2v) is 3.83. The van der Waals surface area contributed by atoms with E-state index in [2.05, 4.69) is 17.8 Å². The highest BCUT2D eigenvalue weighted by Gasteiger charge is 2.08. The number of rotatable bonds is 4. The summed E-state index contributed by atoms with van der Waals surface area (Å²) >= 11 is 0. The Bertz CT molecular complexity index is 452. The van der Waals surface area contributed by atoms with Gasteiger partial charge in [0.05, 0.1) is 0 Å². The van der Waals surface area contributed by atoms with E-state index in [1.807, 2.05) is 24.4 Å². The van der Waals surface area contributed by atoms with E-state index in [0.29, 0.717) is 0 Å². The Kier molecular flexibility index (Phi) is 6.86. The molecule has 0 saturated carbocycles. The molecule has 0 fully saturated rings. The number of terminal acetylenes is 1. The molecule has 1 aliphatic heterocycles. The largest absolute Gasteiger partial charge is 0.316 e. The minimum atomic E-state index is 0.0303. The third kappa shape index (κ3) is 5.77. The van der Waals surface area contributed by atoms with E-state index in [0.717, 1.165) is 32.2 Å². The second-order valence-electron chi connectivity index (χ2n) is 3.83. The summed E-state index contributed by atoms with van der Waals surface area (Å²) in [5.41, 5.74) is 0. The summed E-state index contributed by atoms with van der Waals surface area (Å²) in [6.07, 6.45) is 19.8. The van der Waals surface area contributed by atoms with E-state index in [4.69, 9.17) is 6.42 Å². The molecule has 0 N–H and O–H groups in total. The number of allylic oxidation sites excluding steroid dienone is 4. The Balaban J connectivity index is 2.25. The SMILES string of the molecule is C#CC#CCC/C=C\C=C\C(=O)N1C=CCCC1. The molecule has 0 spiro atoms. The standard InChI is InChI=1S/C16H17NO/c1-2-3-4-5-6-7-8-10-13-16(18)17-14-11-9-12-15-17/h1,7-8,10-11,13-14H,5-6,9,12,15H2/b8-7-,13-10+. The molecule has 2 nitrogen and oxygen atoms in total. The van der Waals surface area contributed by atoms with Gasteiger partial charge in [-0.3, -0.25) is 4.79 Å². The maximum absolute atomic E-state index is 11.7. The highest BCUT2D eigenvalue weighted by Crippen LogP contribution is 2.06. The van der Waals surface area contributed by atoms with Crippen LogP contribution in [0.1, 0.15) is 25.7 Å². The summed E-state index contributed by atoms with van der Waals surface area (Å²) in [5, 5.41) is 0. The Hall–Kier alpha value is -2.19. The number of carbonyl (C=O) groups is 1. The van der Waals surface area contributed by atoms with Gasteiger partial charge in [0, 0.05) is 25.2 Å². The Morgan fingerprint density at radius 3 is 3.06 bits per heavy atom. The molecule has 1 aliphatic rings. The van der Waals surface area contributed by atoms with Crippen molar-refractivity contribution in [3.05, 3.63) is 36.6 Å². The van der Waals surface area contributed by atoms with Crippen LogP contribution in [0.25, 0.3) is 0 Å². The van der Waals surface area contributed by atoms with Gasteiger partial charge in [-0.05, 0) is 31.1 Å². The zero-order valence-corrected chi connectivity index (χ0v) is 10.4. The topological polar surface area (TPSA) is 20.3 Å². The van der Waals surface area contributed by atoms with Gasteiger partial charge in [0.25, 0.3) is 0 Å². The number of nitrogens with zero attached hydrogens (tertiary/aromatic N) is 1. The van der Waals surface area contributed by atoms with E-state index < -0.39 is 0 Å². The molecule has 2 heteroatoms. The van der Waals surface area contributed by atoms with Crippen molar-refractivity contribution in [2.24, 2.45) is 0 Å². The molecule has 18 heavy (non-hydrogen) atoms. The molecule has 0 atom stereocenters. The second kappa shape index (κ2) is 8.90. The van der Waals surface area contributed by atoms with Gasteiger partial charge >= 0.3 is 0 Å². The smallest absolute Gasteiger partial charge is 0.250 e. The highest BCUT2D eigenvalue weighted by atomic mass is 16.2. The van der Waals surface area contributed by atoms with E-state index in [-0.39, 0.29) is 5.91 Å². The van der Waals surface area contributed by atoms with E-state index in [1.165, 1.54) is 0 Å². The fourth-order valence-corrected chi connectivity index (χ4v) is 1.52. The van der Waals surface area contributed by atoms with Crippen molar-refractivity contribution in [1.82, 2.24) is 4.90 Å². The summed E-state index contributed by atoms with van der Waals surface area (Å²) < 4.78 is 0. The van der Waals surface area contributed by atoms with Gasteiger partial charge in [-0.1, -0.05) is 30.2 Å². The zero-order chi connectivity index (χ0) is 13.1. The number of hydrogen-bond donors (Lipinski definition) is 0. The first-order chi connectivity index (χ1) is 8.84. The third-order valence-corrected chi connectivity index (χ3v) is 2.42. The summed E-state index contributed by atoms with van der Waals surface area (Å²) in [7, 11) is 0. The minimum absolute atomic E-state index is 0.0303. The molecule has 0 aromatic heterocycles. The summed E-state index contributed by atoms with van der Waals surface area (Å²) in [4.78, 5) is 13.4. The Labute approximate surface area is 109 Å².